The van der Waals surface area contributed by atoms with Crippen LogP contribution in [0.2, 0.25) is 0 Å². The first kappa shape index (κ1) is 9.69. The van der Waals surface area contributed by atoms with Gasteiger partial charge >= 0.3 is 0 Å². The molecule has 0 aliphatic carbocycles. The van der Waals surface area contributed by atoms with Gasteiger partial charge in [0.2, 0.25) is 6.79 Å². The minimum absolute atomic E-state index is 0.317. The van der Waals surface area contributed by atoms with E-state index in [0.717, 1.165) is 17.1 Å². The van der Waals surface area contributed by atoms with Crippen molar-refractivity contribution in [2.24, 2.45) is 5.73 Å². The molecule has 0 saturated carbocycles. The smallest absolute Gasteiger partial charge is 0.231 e. The van der Waals surface area contributed by atoms with Gasteiger partial charge in [-0.05, 0) is 35.9 Å². The van der Waals surface area contributed by atoms with Crippen molar-refractivity contribution in [1.82, 2.24) is 0 Å². The summed E-state index contributed by atoms with van der Waals surface area (Å²) in [6, 6.07) is 10.1. The van der Waals surface area contributed by atoms with Gasteiger partial charge in [-0.15, -0.1) is 11.3 Å². The number of hydrogen-bond acceptors (Lipinski definition) is 4. The summed E-state index contributed by atoms with van der Waals surface area (Å²) < 4.78 is 10.6. The summed E-state index contributed by atoms with van der Waals surface area (Å²) in [6.07, 6.45) is 0. The molecule has 0 radical (unpaired) electrons. The van der Waals surface area contributed by atoms with Crippen molar-refractivity contribution in [2.75, 3.05) is 6.79 Å². The first-order chi connectivity index (χ1) is 7.86. The van der Waals surface area contributed by atoms with Crippen molar-refractivity contribution < 1.29 is 9.47 Å². The number of fused-ring (bicyclic) bond motifs is 1. The second kappa shape index (κ2) is 3.81. The summed E-state index contributed by atoms with van der Waals surface area (Å²) >= 11 is 1.71. The lowest BCUT2D eigenvalue weighted by Crippen LogP contribution is -1.92. The molecule has 0 bridgehead atoms. The molecule has 0 spiro atoms. The van der Waals surface area contributed by atoms with Crippen LogP contribution in [-0.2, 0) is 6.54 Å². The molecular weight excluding hydrogens is 222 g/mol. The van der Waals surface area contributed by atoms with Gasteiger partial charge in [0.1, 0.15) is 0 Å². The molecule has 0 saturated heterocycles. The molecule has 0 amide bonds. The van der Waals surface area contributed by atoms with E-state index in [2.05, 4.69) is 12.1 Å². The zero-order valence-corrected chi connectivity index (χ0v) is 9.42. The van der Waals surface area contributed by atoms with Gasteiger partial charge < -0.3 is 15.2 Å². The fourth-order valence-corrected chi connectivity index (χ4v) is 2.58. The largest absolute Gasteiger partial charge is 0.454 e. The van der Waals surface area contributed by atoms with Gasteiger partial charge in [-0.1, -0.05) is 0 Å². The third-order valence-electron chi connectivity index (χ3n) is 2.52. The molecule has 3 rings (SSSR count). The molecule has 1 aliphatic rings. The van der Waals surface area contributed by atoms with Crippen LogP contribution in [-0.4, -0.2) is 6.79 Å². The maximum atomic E-state index is 5.60. The molecule has 2 heterocycles. The molecule has 16 heavy (non-hydrogen) atoms. The number of thiophene rings is 1. The Morgan fingerprint density at radius 2 is 2.00 bits per heavy atom. The van der Waals surface area contributed by atoms with Crippen molar-refractivity contribution in [3.63, 3.8) is 0 Å². The van der Waals surface area contributed by atoms with Crippen LogP contribution < -0.4 is 15.2 Å². The molecule has 1 aromatic carbocycles. The Hall–Kier alpha value is -1.52. The predicted molar refractivity (Wildman–Crippen MR) is 63.8 cm³/mol. The molecular formula is C12H11NO2S. The van der Waals surface area contributed by atoms with Gasteiger partial charge in [0.15, 0.2) is 11.5 Å². The molecule has 3 nitrogen and oxygen atoms in total. The van der Waals surface area contributed by atoms with Crippen LogP contribution in [0.1, 0.15) is 4.88 Å². The SMILES string of the molecule is NCc1ccc(-c2ccc3c(c2)OCO3)s1. The number of nitrogens with two attached hydrogens (primary N) is 1. The molecule has 2 aromatic rings. The highest BCUT2D eigenvalue weighted by molar-refractivity contribution is 7.15. The second-order valence-corrected chi connectivity index (χ2v) is 4.71. The van der Waals surface area contributed by atoms with Crippen molar-refractivity contribution >= 4 is 11.3 Å². The maximum Gasteiger partial charge on any atom is 0.231 e. The highest BCUT2D eigenvalue weighted by atomic mass is 32.1. The van der Waals surface area contributed by atoms with Crippen molar-refractivity contribution in [3.05, 3.63) is 35.2 Å². The van der Waals surface area contributed by atoms with Crippen LogP contribution >= 0.6 is 11.3 Å². The summed E-state index contributed by atoms with van der Waals surface area (Å²) in [5.74, 6) is 1.64. The molecule has 0 atom stereocenters. The Morgan fingerprint density at radius 3 is 2.81 bits per heavy atom. The first-order valence-electron chi connectivity index (χ1n) is 5.05. The van der Waals surface area contributed by atoms with Crippen LogP contribution in [0.3, 0.4) is 0 Å². The third-order valence-corrected chi connectivity index (χ3v) is 3.68. The molecule has 82 valence electrons. The number of hydrogen-bond donors (Lipinski definition) is 1. The standard InChI is InChI=1S/C12H11NO2S/c13-6-9-2-4-12(16-9)8-1-3-10-11(5-8)15-7-14-10/h1-5H,6-7,13H2. The molecule has 1 aliphatic heterocycles. The normalized spacial score (nSPS) is 13.1. The van der Waals surface area contributed by atoms with Gasteiger partial charge in [-0.25, -0.2) is 0 Å². The number of ether oxygens (including phenoxy) is 2. The second-order valence-electron chi connectivity index (χ2n) is 3.54. The molecule has 0 fully saturated rings. The predicted octanol–water partition coefficient (Wildman–Crippen LogP) is 2.60. The van der Waals surface area contributed by atoms with E-state index in [4.69, 9.17) is 15.2 Å². The Bertz CT molecular complexity index is 521. The summed E-state index contributed by atoms with van der Waals surface area (Å²) in [6.45, 7) is 0.909. The average Bonchev–Trinajstić information content (AvgIpc) is 2.96. The lowest BCUT2D eigenvalue weighted by molar-refractivity contribution is 0.174. The quantitative estimate of drug-likeness (QED) is 0.867. The Morgan fingerprint density at radius 1 is 1.12 bits per heavy atom. The summed E-state index contributed by atoms with van der Waals surface area (Å²) in [5.41, 5.74) is 6.74. The lowest BCUT2D eigenvalue weighted by Gasteiger charge is -1.99. The van der Waals surface area contributed by atoms with Gasteiger partial charge in [-0.3, -0.25) is 0 Å². The van der Waals surface area contributed by atoms with E-state index in [1.165, 1.54) is 9.75 Å². The van der Waals surface area contributed by atoms with E-state index in [1.54, 1.807) is 11.3 Å². The van der Waals surface area contributed by atoms with E-state index in [0.29, 0.717) is 13.3 Å². The zero-order valence-electron chi connectivity index (χ0n) is 8.60. The highest BCUT2D eigenvalue weighted by Crippen LogP contribution is 2.37. The third kappa shape index (κ3) is 1.56. The molecule has 4 heteroatoms. The van der Waals surface area contributed by atoms with Crippen LogP contribution in [0, 0.1) is 0 Å². The average molecular weight is 233 g/mol. The molecule has 0 unspecified atom stereocenters. The zero-order chi connectivity index (χ0) is 11.0. The minimum atomic E-state index is 0.317. The fraction of sp³-hybridized carbons (Fsp3) is 0.167. The summed E-state index contributed by atoms with van der Waals surface area (Å²) in [7, 11) is 0. The van der Waals surface area contributed by atoms with E-state index >= 15 is 0 Å². The van der Waals surface area contributed by atoms with Crippen LogP contribution in [0.15, 0.2) is 30.3 Å². The minimum Gasteiger partial charge on any atom is -0.454 e. The van der Waals surface area contributed by atoms with Gasteiger partial charge in [-0.2, -0.15) is 0 Å². The van der Waals surface area contributed by atoms with E-state index < -0.39 is 0 Å². The van der Waals surface area contributed by atoms with Crippen LogP contribution in [0.4, 0.5) is 0 Å². The number of benzene rings is 1. The first-order valence-corrected chi connectivity index (χ1v) is 5.87. The van der Waals surface area contributed by atoms with E-state index in [1.807, 2.05) is 18.2 Å². The van der Waals surface area contributed by atoms with Crippen molar-refractivity contribution in [3.8, 4) is 21.9 Å². The summed E-state index contributed by atoms with van der Waals surface area (Å²) in [4.78, 5) is 2.39. The van der Waals surface area contributed by atoms with E-state index in [9.17, 15) is 0 Å². The fourth-order valence-electron chi connectivity index (χ4n) is 1.69. The van der Waals surface area contributed by atoms with Crippen LogP contribution in [0.5, 0.6) is 11.5 Å². The van der Waals surface area contributed by atoms with E-state index in [-0.39, 0.29) is 0 Å². The van der Waals surface area contributed by atoms with Crippen molar-refractivity contribution in [2.45, 2.75) is 6.54 Å². The Kier molecular flexibility index (Phi) is 2.31. The summed E-state index contributed by atoms with van der Waals surface area (Å²) in [5, 5.41) is 0. The number of rotatable bonds is 2. The Balaban J connectivity index is 2.00. The van der Waals surface area contributed by atoms with Crippen LogP contribution in [0.25, 0.3) is 10.4 Å². The van der Waals surface area contributed by atoms with Gasteiger partial charge in [0.25, 0.3) is 0 Å². The molecule has 1 aromatic heterocycles. The lowest BCUT2D eigenvalue weighted by atomic mass is 10.1. The van der Waals surface area contributed by atoms with Gasteiger partial charge in [0, 0.05) is 16.3 Å². The van der Waals surface area contributed by atoms with Gasteiger partial charge in [0.05, 0.1) is 0 Å². The topological polar surface area (TPSA) is 44.5 Å². The highest BCUT2D eigenvalue weighted by Gasteiger charge is 2.14. The van der Waals surface area contributed by atoms with Crippen molar-refractivity contribution in [1.29, 1.82) is 0 Å². The Labute approximate surface area is 97.4 Å². The molecule has 2 N–H and O–H groups in total. The monoisotopic (exact) mass is 233 g/mol. The maximum absolute atomic E-state index is 5.60.